The van der Waals surface area contributed by atoms with Gasteiger partial charge < -0.3 is 30.1 Å². The number of ether oxygens (including phenoxy) is 1. The minimum atomic E-state index is -3.40. The van der Waals surface area contributed by atoms with Gasteiger partial charge in [0.2, 0.25) is 0 Å². The van der Waals surface area contributed by atoms with Gasteiger partial charge in [0.05, 0.1) is 0 Å². The summed E-state index contributed by atoms with van der Waals surface area (Å²) in [6.07, 6.45) is 1.27. The van der Waals surface area contributed by atoms with Crippen molar-refractivity contribution in [3.8, 4) is 5.75 Å². The van der Waals surface area contributed by atoms with Gasteiger partial charge in [-0.05, 0) is 50.7 Å². The average Bonchev–Trinajstić information content (AvgIpc) is 2.94. The van der Waals surface area contributed by atoms with Crippen molar-refractivity contribution in [2.24, 2.45) is 5.41 Å². The molecule has 37 heavy (non-hydrogen) atoms. The Balaban J connectivity index is 0.000000665. The zero-order valence-corrected chi connectivity index (χ0v) is 27.7. The first kappa shape index (κ1) is 36.2. The predicted molar refractivity (Wildman–Crippen MR) is 143 cm³/mol. The Labute approximate surface area is 247 Å². The molecule has 1 atom stereocenters. The Hall–Kier alpha value is -0.817. The van der Waals surface area contributed by atoms with E-state index in [0.717, 1.165) is 5.56 Å². The van der Waals surface area contributed by atoms with Crippen molar-refractivity contribution < 1.29 is 55.8 Å². The van der Waals surface area contributed by atoms with Gasteiger partial charge in [0, 0.05) is 11.6 Å². The molecule has 5 nitrogen and oxygen atoms in total. The summed E-state index contributed by atoms with van der Waals surface area (Å²) in [6, 6.07) is 12.2. The zero-order valence-electron chi connectivity index (χ0n) is 23.6. The fourth-order valence-corrected chi connectivity index (χ4v) is 6.19. The zero-order chi connectivity index (χ0) is 26.8. The van der Waals surface area contributed by atoms with Gasteiger partial charge in [-0.25, -0.2) is 0 Å². The monoisotopic (exact) mass is 658 g/mol. The number of nitrogens with one attached hydrogen (secondary N) is 1. The third kappa shape index (κ3) is 9.40. The summed E-state index contributed by atoms with van der Waals surface area (Å²) in [4.78, 5) is 0.264. The third-order valence-corrected chi connectivity index (χ3v) is 8.53. The second-order valence-corrected chi connectivity index (χ2v) is 13.9. The van der Waals surface area contributed by atoms with E-state index in [1.807, 2.05) is 13.8 Å². The second kappa shape index (κ2) is 14.0. The fraction of sp³-hybridized carbons (Fsp3) is 0.536. The van der Waals surface area contributed by atoms with Crippen LogP contribution >= 0.6 is 0 Å². The molecule has 3 rings (SSSR count). The van der Waals surface area contributed by atoms with Crippen molar-refractivity contribution in [3.63, 3.8) is 0 Å². The van der Waals surface area contributed by atoms with E-state index in [-0.39, 0.29) is 41.4 Å². The molecule has 1 saturated heterocycles. The molecule has 0 bridgehead atoms. The fourth-order valence-electron chi connectivity index (χ4n) is 4.87. The minimum absolute atomic E-state index is 0. The molecule has 210 valence electrons. The van der Waals surface area contributed by atoms with Crippen LogP contribution in [-0.2, 0) is 27.9 Å². The first-order chi connectivity index (χ1) is 16.0. The molecule has 1 aliphatic heterocycles. The largest absolute Gasteiger partial charge is 1.00 e. The van der Waals surface area contributed by atoms with E-state index in [1.165, 1.54) is 41.5 Å². The van der Waals surface area contributed by atoms with Crippen molar-refractivity contribution in [3.05, 3.63) is 58.7 Å². The molecule has 0 saturated carbocycles. The summed E-state index contributed by atoms with van der Waals surface area (Å²) < 4.78 is 32.6. The molecule has 1 aliphatic rings. The normalized spacial score (nSPS) is 17.8. The van der Waals surface area contributed by atoms with Crippen molar-refractivity contribution in [1.82, 2.24) is 9.62 Å². The molecule has 1 unspecified atom stereocenters. The Morgan fingerprint density at radius 3 is 2.08 bits per heavy atom. The smallest absolute Gasteiger partial charge is 0.0379 e. The maximum absolute atomic E-state index is 12.0. The number of hydrogen-bond acceptors (Lipinski definition) is 4. The molecule has 1 fully saturated rings. The standard InChI is InChI=1S/C16H25N.C12H17NO3S.2ClH.Ru/c1-11-7-8-13(12(2)9-11)14-15(3,4)10-16(5,6)17-14;1-9(2)16-12-7-6-11(8-10(12)3)17(14,15)13(4)5;;;/h7-9,14,17H,10H2,1-6H3;3,6-9H,1-2,4-5H3;2*1H;/q;;;;+2/p-2. The molecule has 2 aromatic carbocycles. The maximum atomic E-state index is 12.0. The van der Waals surface area contributed by atoms with E-state index < -0.39 is 10.0 Å². The number of halogens is 2. The maximum Gasteiger partial charge on any atom is 0.0379 e. The van der Waals surface area contributed by atoms with Gasteiger partial charge in [-0.15, -0.1) is 0 Å². The van der Waals surface area contributed by atoms with Crippen molar-refractivity contribution >= 4 is 14.6 Å². The van der Waals surface area contributed by atoms with Crippen LogP contribution in [0.1, 0.15) is 76.3 Å². The molecule has 0 spiro atoms. The number of aryl methyl sites for hydroxylation is 2. The molecule has 0 aromatic heterocycles. The van der Waals surface area contributed by atoms with Crippen LogP contribution in [-0.4, -0.2) is 43.1 Å². The molecular weight excluding hydrogens is 616 g/mol. The van der Waals surface area contributed by atoms with Gasteiger partial charge in [0.15, 0.2) is 0 Å². The van der Waals surface area contributed by atoms with Gasteiger partial charge in [-0.1, -0.05) is 37.6 Å². The molecule has 0 aliphatic carbocycles. The van der Waals surface area contributed by atoms with Crippen molar-refractivity contribution in [2.75, 3.05) is 14.1 Å². The third-order valence-electron chi connectivity index (χ3n) is 6.18. The first-order valence-electron chi connectivity index (χ1n) is 12.0. The van der Waals surface area contributed by atoms with Crippen LogP contribution < -0.4 is 34.9 Å². The van der Waals surface area contributed by atoms with E-state index in [0.29, 0.717) is 17.2 Å². The summed E-state index contributed by atoms with van der Waals surface area (Å²) in [6.45, 7) is 17.6. The van der Waals surface area contributed by atoms with Gasteiger partial charge in [-0.2, -0.15) is 0 Å². The van der Waals surface area contributed by atoms with Crippen LogP contribution in [0, 0.1) is 19.3 Å². The van der Waals surface area contributed by atoms with Gasteiger partial charge in [0.1, 0.15) is 0 Å². The van der Waals surface area contributed by atoms with E-state index in [4.69, 9.17) is 4.74 Å². The van der Waals surface area contributed by atoms with Crippen LogP contribution in [0.25, 0.3) is 0 Å². The molecule has 0 amide bonds. The number of hydrogen-bond donors (Lipinski definition) is 1. The SMILES string of the molecule is CC(C)Oc1ccc(S(=O)(=O)N(C)C)cc1[CH]=[Ru+2].Cc1ccc(C2NC(C)(C)CC2(C)C)c(C)c1.[Cl-].[Cl-]. The van der Waals surface area contributed by atoms with E-state index in [9.17, 15) is 8.42 Å². The quantitative estimate of drug-likeness (QED) is 0.429. The van der Waals surface area contributed by atoms with Crippen LogP contribution in [0.4, 0.5) is 0 Å². The number of benzene rings is 2. The molecule has 1 N–H and O–H groups in total. The summed E-state index contributed by atoms with van der Waals surface area (Å²) >= 11 is 2.37. The summed E-state index contributed by atoms with van der Waals surface area (Å²) in [5.74, 6) is 0.682. The van der Waals surface area contributed by atoms with Crippen molar-refractivity contribution in [2.45, 2.75) is 84.4 Å². The summed E-state index contributed by atoms with van der Waals surface area (Å²) in [7, 11) is -0.379. The molecule has 1 heterocycles. The van der Waals surface area contributed by atoms with Crippen molar-refractivity contribution in [1.29, 1.82) is 0 Å². The average molecular weight is 659 g/mol. The van der Waals surface area contributed by atoms with E-state index in [1.54, 1.807) is 22.8 Å². The van der Waals surface area contributed by atoms with Crippen LogP contribution in [0.3, 0.4) is 0 Å². The number of sulfonamides is 1. The van der Waals surface area contributed by atoms with Gasteiger partial charge in [-0.3, -0.25) is 0 Å². The topological polar surface area (TPSA) is 58.6 Å². The summed E-state index contributed by atoms with van der Waals surface area (Å²) in [5.41, 5.74) is 5.54. The molecule has 0 radical (unpaired) electrons. The van der Waals surface area contributed by atoms with E-state index in [2.05, 4.69) is 82.9 Å². The van der Waals surface area contributed by atoms with Gasteiger partial charge >= 0.3 is 118 Å². The first-order valence-corrected chi connectivity index (χ1v) is 14.4. The number of rotatable bonds is 6. The van der Waals surface area contributed by atoms with Crippen LogP contribution in [0.15, 0.2) is 41.3 Å². The molecule has 2 aromatic rings. The van der Waals surface area contributed by atoms with Gasteiger partial charge in [0.25, 0.3) is 0 Å². The molecular formula is C28H42Cl2N2O3RuS. The Bertz CT molecular complexity index is 1170. The van der Waals surface area contributed by atoms with Crippen LogP contribution in [0.2, 0.25) is 0 Å². The van der Waals surface area contributed by atoms with Crippen LogP contribution in [0.5, 0.6) is 5.75 Å². The predicted octanol–water partition coefficient (Wildman–Crippen LogP) is -0.428. The van der Waals surface area contributed by atoms with E-state index >= 15 is 0 Å². The minimum Gasteiger partial charge on any atom is -1.00 e. The Kier molecular flexibility index (Phi) is 13.7. The number of nitrogens with zero attached hydrogens (tertiary/aromatic N) is 1. The second-order valence-electron chi connectivity index (χ2n) is 11.2. The molecule has 9 heteroatoms. The Morgan fingerprint density at radius 1 is 1.05 bits per heavy atom. The Morgan fingerprint density at radius 2 is 1.65 bits per heavy atom. The summed E-state index contributed by atoms with van der Waals surface area (Å²) in [5, 5.41) is 3.80.